The molecule has 200 valence electrons. The van der Waals surface area contributed by atoms with Crippen LogP contribution in [-0.2, 0) is 24.4 Å². The molecule has 0 bridgehead atoms. The molecule has 34 heavy (non-hydrogen) atoms. The topological polar surface area (TPSA) is 172 Å². The zero-order chi connectivity index (χ0) is 26.7. The van der Waals surface area contributed by atoms with Crippen LogP contribution < -0.4 is 27.1 Å². The highest BCUT2D eigenvalue weighted by Gasteiger charge is 2.55. The van der Waals surface area contributed by atoms with Crippen molar-refractivity contribution in [3.05, 3.63) is 0 Å². The molecule has 0 aromatic heterocycles. The summed E-state index contributed by atoms with van der Waals surface area (Å²) in [5, 5.41) is 8.06. The van der Waals surface area contributed by atoms with Gasteiger partial charge in [-0.05, 0) is 33.1 Å². The number of hydrazine groups is 3. The largest absolute Gasteiger partial charge is 0.316 e. The molecule has 14 nitrogen and oxygen atoms in total. The maximum atomic E-state index is 14.3. The second-order valence-electron chi connectivity index (χ2n) is 7.63. The SMILES string of the molecule is CCNC(NC(C)=O)(N(CC)CC)S(=O)(=O)N(NC(=O)CC)N(C(=O)CCC(N)NC)N(C)C. The van der Waals surface area contributed by atoms with Crippen molar-refractivity contribution in [3.63, 3.8) is 0 Å². The highest BCUT2D eigenvalue weighted by Crippen LogP contribution is 2.23. The molecule has 0 aliphatic carbocycles. The van der Waals surface area contributed by atoms with Gasteiger partial charge in [0.2, 0.25) is 11.8 Å². The molecule has 0 aromatic rings. The first-order valence-corrected chi connectivity index (χ1v) is 12.8. The van der Waals surface area contributed by atoms with Crippen LogP contribution in [0.5, 0.6) is 0 Å². The third-order valence-electron chi connectivity index (χ3n) is 4.93. The van der Waals surface area contributed by atoms with Crippen LogP contribution in [0, 0.1) is 0 Å². The highest BCUT2D eigenvalue weighted by molar-refractivity contribution is 7.90. The van der Waals surface area contributed by atoms with E-state index in [1.54, 1.807) is 34.7 Å². The number of rotatable bonds is 16. The summed E-state index contributed by atoms with van der Waals surface area (Å²) in [6, 6.07) is 0. The van der Waals surface area contributed by atoms with E-state index in [1.165, 1.54) is 30.9 Å². The lowest BCUT2D eigenvalue weighted by Crippen LogP contribution is -2.78. The Labute approximate surface area is 203 Å². The number of nitrogens with two attached hydrogens (primary N) is 1. The van der Waals surface area contributed by atoms with Crippen molar-refractivity contribution in [3.8, 4) is 0 Å². The number of nitrogens with zero attached hydrogens (tertiary/aromatic N) is 4. The highest BCUT2D eigenvalue weighted by atomic mass is 32.2. The fraction of sp³-hybridized carbons (Fsp3) is 0.842. The Balaban J connectivity index is 6.94. The fourth-order valence-corrected chi connectivity index (χ4v) is 5.33. The van der Waals surface area contributed by atoms with Crippen LogP contribution in [0.4, 0.5) is 0 Å². The van der Waals surface area contributed by atoms with Crippen LogP contribution in [-0.4, -0.2) is 97.8 Å². The minimum atomic E-state index is -4.74. The van der Waals surface area contributed by atoms with Gasteiger partial charge in [0, 0.05) is 38.4 Å². The predicted molar refractivity (Wildman–Crippen MR) is 129 cm³/mol. The van der Waals surface area contributed by atoms with Crippen LogP contribution in [0.2, 0.25) is 0 Å². The summed E-state index contributed by atoms with van der Waals surface area (Å²) < 4.78 is 29.0. The van der Waals surface area contributed by atoms with Crippen molar-refractivity contribution in [2.24, 2.45) is 5.73 Å². The molecule has 0 aromatic carbocycles. The first-order chi connectivity index (χ1) is 15.8. The summed E-state index contributed by atoms with van der Waals surface area (Å²) in [7, 11) is -0.186. The van der Waals surface area contributed by atoms with E-state index in [9.17, 15) is 22.8 Å². The minimum absolute atomic E-state index is 0.0499. The van der Waals surface area contributed by atoms with Gasteiger partial charge in [0.25, 0.3) is 11.0 Å². The Morgan fingerprint density at radius 1 is 1.06 bits per heavy atom. The smallest absolute Gasteiger partial charge is 0.303 e. The van der Waals surface area contributed by atoms with E-state index in [2.05, 4.69) is 21.4 Å². The summed E-state index contributed by atoms with van der Waals surface area (Å²) in [5.74, 6) is -1.91. The van der Waals surface area contributed by atoms with Crippen LogP contribution in [0.15, 0.2) is 0 Å². The average Bonchev–Trinajstić information content (AvgIpc) is 2.76. The lowest BCUT2D eigenvalue weighted by Gasteiger charge is -2.47. The van der Waals surface area contributed by atoms with Gasteiger partial charge in [-0.1, -0.05) is 27.7 Å². The van der Waals surface area contributed by atoms with Crippen molar-refractivity contribution in [2.45, 2.75) is 65.2 Å². The number of carbonyl (C=O) groups is 3. The molecule has 2 atom stereocenters. The van der Waals surface area contributed by atoms with Crippen LogP contribution in [0.3, 0.4) is 0 Å². The van der Waals surface area contributed by atoms with Gasteiger partial charge in [-0.25, -0.2) is 13.4 Å². The van der Waals surface area contributed by atoms with E-state index in [1.807, 2.05) is 0 Å². The molecule has 0 spiro atoms. The summed E-state index contributed by atoms with van der Waals surface area (Å²) in [6.45, 7) is 8.48. The van der Waals surface area contributed by atoms with Gasteiger partial charge in [-0.15, -0.1) is 0 Å². The predicted octanol–water partition coefficient (Wildman–Crippen LogP) is -1.74. The Bertz CT molecular complexity index is 776. The first-order valence-electron chi connectivity index (χ1n) is 11.3. The van der Waals surface area contributed by atoms with E-state index in [4.69, 9.17) is 5.73 Å². The number of amides is 3. The third kappa shape index (κ3) is 7.83. The number of nitrogens with one attached hydrogen (secondary N) is 4. The zero-order valence-corrected chi connectivity index (χ0v) is 22.5. The molecule has 3 amide bonds. The van der Waals surface area contributed by atoms with E-state index in [-0.39, 0.29) is 38.9 Å². The first kappa shape index (κ1) is 32.1. The molecule has 2 unspecified atom stereocenters. The van der Waals surface area contributed by atoms with E-state index in [0.717, 1.165) is 5.12 Å². The van der Waals surface area contributed by atoms with E-state index < -0.39 is 39.0 Å². The summed E-state index contributed by atoms with van der Waals surface area (Å²) in [5.41, 5.74) is 8.16. The van der Waals surface area contributed by atoms with Crippen molar-refractivity contribution >= 4 is 27.7 Å². The van der Waals surface area contributed by atoms with Gasteiger partial charge in [-0.2, -0.15) is 5.12 Å². The third-order valence-corrected chi connectivity index (χ3v) is 6.88. The van der Waals surface area contributed by atoms with Crippen molar-refractivity contribution < 1.29 is 22.8 Å². The lowest BCUT2D eigenvalue weighted by atomic mass is 10.2. The maximum absolute atomic E-state index is 14.3. The fourth-order valence-electron chi connectivity index (χ4n) is 3.23. The normalized spacial score (nSPS) is 14.7. The molecule has 0 radical (unpaired) electrons. The van der Waals surface area contributed by atoms with Crippen LogP contribution in [0.25, 0.3) is 0 Å². The Morgan fingerprint density at radius 3 is 2.00 bits per heavy atom. The maximum Gasteiger partial charge on any atom is 0.303 e. The quantitative estimate of drug-likeness (QED) is 0.119. The molecule has 0 heterocycles. The summed E-state index contributed by atoms with van der Waals surface area (Å²) in [4.78, 5) is 39.3. The molecule has 0 fully saturated rings. The summed E-state index contributed by atoms with van der Waals surface area (Å²) in [6.07, 6.45) is -0.436. The molecule has 6 N–H and O–H groups in total. The number of hydrogen-bond donors (Lipinski definition) is 5. The Kier molecular flexibility index (Phi) is 13.7. The van der Waals surface area contributed by atoms with E-state index in [0.29, 0.717) is 4.52 Å². The van der Waals surface area contributed by atoms with Crippen molar-refractivity contribution in [1.82, 2.24) is 40.9 Å². The molecule has 0 aliphatic rings. The van der Waals surface area contributed by atoms with Gasteiger partial charge in [0.15, 0.2) is 0 Å². The second kappa shape index (κ2) is 14.5. The average molecular weight is 510 g/mol. The molecule has 0 rings (SSSR count). The molecule has 15 heteroatoms. The van der Waals surface area contributed by atoms with Crippen molar-refractivity contribution in [2.75, 3.05) is 40.8 Å². The molecular formula is C19H43N9O5S. The van der Waals surface area contributed by atoms with Gasteiger partial charge in [0.1, 0.15) is 0 Å². The monoisotopic (exact) mass is 509 g/mol. The molecule has 0 saturated heterocycles. The minimum Gasteiger partial charge on any atom is -0.316 e. The lowest BCUT2D eigenvalue weighted by molar-refractivity contribution is -0.180. The number of carbonyl (C=O) groups excluding carboxylic acids is 3. The Hall–Kier alpha value is -1.88. The van der Waals surface area contributed by atoms with Crippen LogP contribution in [0.1, 0.15) is 53.9 Å². The Morgan fingerprint density at radius 2 is 1.62 bits per heavy atom. The molecule has 0 saturated carbocycles. The number of sulfonamides is 1. The van der Waals surface area contributed by atoms with Gasteiger partial charge in [-0.3, -0.25) is 30.0 Å². The zero-order valence-electron chi connectivity index (χ0n) is 21.6. The molecule has 0 aliphatic heterocycles. The van der Waals surface area contributed by atoms with E-state index >= 15 is 0 Å². The van der Waals surface area contributed by atoms with Crippen molar-refractivity contribution in [1.29, 1.82) is 0 Å². The standard InChI is InChI=1S/C19H43N9O5S/c1-9-17(30)24-28(27(25(7)8)18(31)14-13-16(20)21-6)34(32,33)19(22-10-2,23-15(5)29)26(11-3)12-4/h16,21-22H,9-14,20H2,1-8H3,(H,23,29)(H,24,30). The number of hydrogen-bond acceptors (Lipinski definition) is 10. The van der Waals surface area contributed by atoms with Gasteiger partial charge >= 0.3 is 10.0 Å². The van der Waals surface area contributed by atoms with Gasteiger partial charge < -0.3 is 16.4 Å². The summed E-state index contributed by atoms with van der Waals surface area (Å²) >= 11 is 0. The van der Waals surface area contributed by atoms with Crippen LogP contribution >= 0.6 is 0 Å². The van der Waals surface area contributed by atoms with Gasteiger partial charge in [0.05, 0.1) is 6.17 Å². The second-order valence-corrected chi connectivity index (χ2v) is 9.52. The molecular weight excluding hydrogens is 466 g/mol.